The van der Waals surface area contributed by atoms with Crippen LogP contribution in [0.3, 0.4) is 0 Å². The van der Waals surface area contributed by atoms with E-state index in [1.165, 1.54) is 18.9 Å². The number of aromatic nitrogens is 1. The molecular formula is C19H24FN3O2. The Bertz CT molecular complexity index is 738. The number of halogens is 1. The minimum atomic E-state index is -0.390. The number of hydrogen-bond donors (Lipinski definition) is 1. The van der Waals surface area contributed by atoms with Crippen LogP contribution in [0.15, 0.2) is 28.7 Å². The van der Waals surface area contributed by atoms with Gasteiger partial charge in [-0.1, -0.05) is 12.1 Å². The monoisotopic (exact) mass is 345 g/mol. The fourth-order valence-electron chi connectivity index (χ4n) is 3.13. The zero-order valence-corrected chi connectivity index (χ0v) is 14.7. The van der Waals surface area contributed by atoms with Crippen LogP contribution in [-0.2, 0) is 11.2 Å². The molecule has 1 aromatic heterocycles. The molecule has 5 nitrogen and oxygen atoms in total. The molecule has 1 fully saturated rings. The van der Waals surface area contributed by atoms with Gasteiger partial charge < -0.3 is 9.73 Å². The van der Waals surface area contributed by atoms with Crippen molar-refractivity contribution in [3.05, 3.63) is 41.5 Å². The number of hydrogen-bond acceptors (Lipinski definition) is 4. The molecule has 1 atom stereocenters. The molecule has 1 unspecified atom stereocenters. The van der Waals surface area contributed by atoms with Crippen molar-refractivity contribution in [3.63, 3.8) is 0 Å². The Morgan fingerprint density at radius 3 is 2.80 bits per heavy atom. The average molecular weight is 345 g/mol. The lowest BCUT2D eigenvalue weighted by molar-refractivity contribution is -0.120. The molecule has 0 saturated carbocycles. The first kappa shape index (κ1) is 17.6. The highest BCUT2D eigenvalue weighted by molar-refractivity contribution is 5.78. The Labute approximate surface area is 147 Å². The lowest BCUT2D eigenvalue weighted by Gasteiger charge is -2.23. The summed E-state index contributed by atoms with van der Waals surface area (Å²) in [6.45, 7) is 6.70. The summed E-state index contributed by atoms with van der Waals surface area (Å²) in [5.74, 6) is 0.270. The molecule has 2 heterocycles. The van der Waals surface area contributed by atoms with Crippen molar-refractivity contribution in [1.82, 2.24) is 15.2 Å². The molecule has 1 aliphatic rings. The van der Waals surface area contributed by atoms with Crippen LogP contribution in [-0.4, -0.2) is 41.5 Å². The predicted molar refractivity (Wildman–Crippen MR) is 93.6 cm³/mol. The van der Waals surface area contributed by atoms with E-state index in [2.05, 4.69) is 22.1 Å². The van der Waals surface area contributed by atoms with Crippen molar-refractivity contribution >= 4 is 5.91 Å². The maximum absolute atomic E-state index is 13.9. The van der Waals surface area contributed by atoms with Gasteiger partial charge in [-0.2, -0.15) is 0 Å². The maximum Gasteiger partial charge on any atom is 0.229 e. The summed E-state index contributed by atoms with van der Waals surface area (Å²) >= 11 is 0. The Morgan fingerprint density at radius 2 is 2.08 bits per heavy atom. The SMILES string of the molecule is Cc1oc(-c2ccccc2F)nc1CC(=O)NCC(C)N1CCCC1. The second kappa shape index (κ2) is 7.78. The molecule has 1 amide bonds. The van der Waals surface area contributed by atoms with Gasteiger partial charge in [-0.05, 0) is 51.9 Å². The third-order valence-electron chi connectivity index (χ3n) is 4.68. The van der Waals surface area contributed by atoms with Gasteiger partial charge in [0.25, 0.3) is 0 Å². The van der Waals surface area contributed by atoms with Gasteiger partial charge in [0, 0.05) is 12.6 Å². The summed E-state index contributed by atoms with van der Waals surface area (Å²) in [5.41, 5.74) is 0.851. The smallest absolute Gasteiger partial charge is 0.229 e. The van der Waals surface area contributed by atoms with Crippen molar-refractivity contribution in [2.24, 2.45) is 0 Å². The number of carbonyl (C=O) groups excluding carboxylic acids is 1. The van der Waals surface area contributed by atoms with Gasteiger partial charge in [0.05, 0.1) is 17.7 Å². The van der Waals surface area contributed by atoms with E-state index >= 15 is 0 Å². The van der Waals surface area contributed by atoms with Gasteiger partial charge in [0.1, 0.15) is 11.6 Å². The zero-order chi connectivity index (χ0) is 17.8. The van der Waals surface area contributed by atoms with Gasteiger partial charge in [0.2, 0.25) is 11.8 Å². The number of likely N-dealkylation sites (tertiary alicyclic amines) is 1. The van der Waals surface area contributed by atoms with E-state index in [4.69, 9.17) is 4.42 Å². The molecule has 0 aliphatic carbocycles. The fourth-order valence-corrected chi connectivity index (χ4v) is 3.13. The molecule has 3 rings (SSSR count). The predicted octanol–water partition coefficient (Wildman–Crippen LogP) is 2.93. The second-order valence-corrected chi connectivity index (χ2v) is 6.57. The van der Waals surface area contributed by atoms with Gasteiger partial charge >= 0.3 is 0 Å². The molecule has 0 spiro atoms. The summed E-state index contributed by atoms with van der Waals surface area (Å²) in [6.07, 6.45) is 2.60. The van der Waals surface area contributed by atoms with E-state index < -0.39 is 0 Å². The van der Waals surface area contributed by atoms with Crippen LogP contribution in [0.2, 0.25) is 0 Å². The lowest BCUT2D eigenvalue weighted by Crippen LogP contribution is -2.41. The number of rotatable bonds is 6. The van der Waals surface area contributed by atoms with E-state index in [9.17, 15) is 9.18 Å². The Kier molecular flexibility index (Phi) is 5.48. The molecule has 25 heavy (non-hydrogen) atoms. The van der Waals surface area contributed by atoms with Crippen LogP contribution in [0.4, 0.5) is 4.39 Å². The fraction of sp³-hybridized carbons (Fsp3) is 0.474. The van der Waals surface area contributed by atoms with E-state index in [-0.39, 0.29) is 24.0 Å². The minimum absolute atomic E-state index is 0.0949. The molecule has 0 radical (unpaired) electrons. The van der Waals surface area contributed by atoms with Crippen LogP contribution in [0, 0.1) is 12.7 Å². The maximum atomic E-state index is 13.9. The van der Waals surface area contributed by atoms with Crippen molar-refractivity contribution in [1.29, 1.82) is 0 Å². The topological polar surface area (TPSA) is 58.4 Å². The number of nitrogens with one attached hydrogen (secondary N) is 1. The van der Waals surface area contributed by atoms with Crippen molar-refractivity contribution < 1.29 is 13.6 Å². The van der Waals surface area contributed by atoms with Crippen LogP contribution < -0.4 is 5.32 Å². The minimum Gasteiger partial charge on any atom is -0.441 e. The van der Waals surface area contributed by atoms with E-state index in [0.717, 1.165) is 13.1 Å². The normalized spacial score (nSPS) is 16.1. The highest BCUT2D eigenvalue weighted by Crippen LogP contribution is 2.24. The molecule has 0 bridgehead atoms. The largest absolute Gasteiger partial charge is 0.441 e. The summed E-state index contributed by atoms with van der Waals surface area (Å²) in [6, 6.07) is 6.65. The number of benzene rings is 1. The molecule has 1 aliphatic heterocycles. The van der Waals surface area contributed by atoms with E-state index in [1.807, 2.05) is 0 Å². The van der Waals surface area contributed by atoms with Crippen molar-refractivity contribution in [2.75, 3.05) is 19.6 Å². The van der Waals surface area contributed by atoms with Crippen molar-refractivity contribution in [2.45, 2.75) is 39.2 Å². The lowest BCUT2D eigenvalue weighted by atomic mass is 10.2. The van der Waals surface area contributed by atoms with Crippen LogP contribution in [0.1, 0.15) is 31.2 Å². The molecule has 6 heteroatoms. The Hall–Kier alpha value is -2.21. The molecule has 1 N–H and O–H groups in total. The van der Waals surface area contributed by atoms with Crippen LogP contribution >= 0.6 is 0 Å². The number of amides is 1. The first-order valence-electron chi connectivity index (χ1n) is 8.76. The van der Waals surface area contributed by atoms with Gasteiger partial charge in [-0.3, -0.25) is 9.69 Å². The number of carbonyl (C=O) groups is 1. The second-order valence-electron chi connectivity index (χ2n) is 6.57. The van der Waals surface area contributed by atoms with Gasteiger partial charge in [-0.25, -0.2) is 9.37 Å². The summed E-state index contributed by atoms with van der Waals surface area (Å²) in [4.78, 5) is 18.9. The molecule has 134 valence electrons. The average Bonchev–Trinajstić information content (AvgIpc) is 3.24. The Balaban J connectivity index is 1.59. The third-order valence-corrected chi connectivity index (χ3v) is 4.68. The zero-order valence-electron chi connectivity index (χ0n) is 14.7. The highest BCUT2D eigenvalue weighted by Gasteiger charge is 2.20. The number of oxazole rings is 1. The third kappa shape index (κ3) is 4.25. The molecule has 1 aromatic carbocycles. The first-order chi connectivity index (χ1) is 12.0. The number of aryl methyl sites for hydroxylation is 1. The standard InChI is InChI=1S/C19H24FN3O2/c1-13(23-9-5-6-10-23)12-21-18(24)11-17-14(2)25-19(22-17)15-7-3-4-8-16(15)20/h3-4,7-8,13H,5-6,9-12H2,1-2H3,(H,21,24). The van der Waals surface area contributed by atoms with Gasteiger partial charge in [-0.15, -0.1) is 0 Å². The Morgan fingerprint density at radius 1 is 1.36 bits per heavy atom. The molecule has 1 saturated heterocycles. The number of nitrogens with zero attached hydrogens (tertiary/aromatic N) is 2. The van der Waals surface area contributed by atoms with E-state index in [0.29, 0.717) is 29.6 Å². The van der Waals surface area contributed by atoms with Crippen LogP contribution in [0.5, 0.6) is 0 Å². The van der Waals surface area contributed by atoms with E-state index in [1.54, 1.807) is 25.1 Å². The quantitative estimate of drug-likeness (QED) is 0.874. The van der Waals surface area contributed by atoms with Crippen LogP contribution in [0.25, 0.3) is 11.5 Å². The summed E-state index contributed by atoms with van der Waals surface area (Å²) in [5, 5.41) is 2.96. The summed E-state index contributed by atoms with van der Waals surface area (Å²) in [7, 11) is 0. The molecular weight excluding hydrogens is 321 g/mol. The first-order valence-corrected chi connectivity index (χ1v) is 8.76. The van der Waals surface area contributed by atoms with Gasteiger partial charge in [0.15, 0.2) is 0 Å². The summed E-state index contributed by atoms with van der Waals surface area (Å²) < 4.78 is 19.4. The highest BCUT2D eigenvalue weighted by atomic mass is 19.1. The van der Waals surface area contributed by atoms with Crippen molar-refractivity contribution in [3.8, 4) is 11.5 Å². The molecule has 2 aromatic rings.